The highest BCUT2D eigenvalue weighted by Gasteiger charge is 2.15. The molecule has 0 radical (unpaired) electrons. The Morgan fingerprint density at radius 2 is 2.12 bits per heavy atom. The Labute approximate surface area is 104 Å². The first kappa shape index (κ1) is 12.1. The van der Waals surface area contributed by atoms with E-state index in [1.165, 1.54) is 6.07 Å². The topological polar surface area (TPSA) is 39.2 Å². The second-order valence-electron chi connectivity index (χ2n) is 3.96. The zero-order valence-corrected chi connectivity index (χ0v) is 10.2. The molecule has 1 unspecified atom stereocenters. The van der Waals surface area contributed by atoms with Crippen molar-refractivity contribution < 1.29 is 8.81 Å². The molecule has 0 aliphatic heterocycles. The minimum atomic E-state index is -0.391. The van der Waals surface area contributed by atoms with Crippen LogP contribution < -0.4 is 5.73 Å². The minimum absolute atomic E-state index is 0.318. The SMILES string of the molecule is Cc1ccc(C(N)Cc2c(F)cccc2Cl)o1. The average Bonchev–Trinajstić information content (AvgIpc) is 2.70. The second-order valence-corrected chi connectivity index (χ2v) is 4.37. The quantitative estimate of drug-likeness (QED) is 0.907. The number of rotatable bonds is 3. The van der Waals surface area contributed by atoms with E-state index in [1.807, 2.05) is 13.0 Å². The number of nitrogens with two attached hydrogens (primary N) is 1. The zero-order valence-electron chi connectivity index (χ0n) is 9.41. The van der Waals surface area contributed by atoms with E-state index in [1.54, 1.807) is 18.2 Å². The maximum absolute atomic E-state index is 13.6. The van der Waals surface area contributed by atoms with Gasteiger partial charge in [-0.2, -0.15) is 0 Å². The molecule has 0 aliphatic rings. The van der Waals surface area contributed by atoms with Crippen LogP contribution in [0, 0.1) is 12.7 Å². The van der Waals surface area contributed by atoms with Crippen molar-refractivity contribution in [2.75, 3.05) is 0 Å². The molecule has 17 heavy (non-hydrogen) atoms. The van der Waals surface area contributed by atoms with E-state index in [-0.39, 0.29) is 5.82 Å². The summed E-state index contributed by atoms with van der Waals surface area (Å²) >= 11 is 5.94. The summed E-state index contributed by atoms with van der Waals surface area (Å²) in [7, 11) is 0. The summed E-state index contributed by atoms with van der Waals surface area (Å²) in [4.78, 5) is 0. The highest BCUT2D eigenvalue weighted by atomic mass is 35.5. The van der Waals surface area contributed by atoms with Crippen molar-refractivity contribution >= 4 is 11.6 Å². The molecule has 0 amide bonds. The molecule has 0 bridgehead atoms. The Morgan fingerprint density at radius 3 is 2.71 bits per heavy atom. The lowest BCUT2D eigenvalue weighted by Gasteiger charge is -2.11. The second kappa shape index (κ2) is 4.90. The van der Waals surface area contributed by atoms with E-state index >= 15 is 0 Å². The third kappa shape index (κ3) is 2.68. The molecule has 1 aromatic carbocycles. The van der Waals surface area contributed by atoms with Gasteiger partial charge in [0, 0.05) is 10.6 Å². The monoisotopic (exact) mass is 253 g/mol. The van der Waals surface area contributed by atoms with Crippen LogP contribution in [0.4, 0.5) is 4.39 Å². The van der Waals surface area contributed by atoms with Gasteiger partial charge in [-0.1, -0.05) is 17.7 Å². The Balaban J connectivity index is 2.21. The highest BCUT2D eigenvalue weighted by molar-refractivity contribution is 6.31. The molecule has 0 saturated carbocycles. The fourth-order valence-electron chi connectivity index (χ4n) is 1.70. The van der Waals surface area contributed by atoms with Gasteiger partial charge in [0.05, 0.1) is 6.04 Å². The fraction of sp³-hybridized carbons (Fsp3) is 0.231. The molecule has 1 aromatic heterocycles. The number of halogens is 2. The average molecular weight is 254 g/mol. The third-order valence-electron chi connectivity index (χ3n) is 2.61. The maximum Gasteiger partial charge on any atom is 0.127 e. The van der Waals surface area contributed by atoms with E-state index in [0.717, 1.165) is 5.76 Å². The van der Waals surface area contributed by atoms with Crippen molar-refractivity contribution in [1.82, 2.24) is 0 Å². The predicted molar refractivity (Wildman–Crippen MR) is 65.5 cm³/mol. The summed E-state index contributed by atoms with van der Waals surface area (Å²) < 4.78 is 19.0. The van der Waals surface area contributed by atoms with Gasteiger partial charge in [0.15, 0.2) is 0 Å². The van der Waals surface area contributed by atoms with Crippen LogP contribution in [-0.4, -0.2) is 0 Å². The molecule has 0 saturated heterocycles. The molecule has 1 atom stereocenters. The number of hydrogen-bond donors (Lipinski definition) is 1. The molecule has 1 heterocycles. The van der Waals surface area contributed by atoms with E-state index in [4.69, 9.17) is 21.8 Å². The maximum atomic E-state index is 13.6. The highest BCUT2D eigenvalue weighted by Crippen LogP contribution is 2.25. The van der Waals surface area contributed by atoms with E-state index < -0.39 is 6.04 Å². The van der Waals surface area contributed by atoms with E-state index in [0.29, 0.717) is 22.8 Å². The smallest absolute Gasteiger partial charge is 0.127 e. The lowest BCUT2D eigenvalue weighted by Crippen LogP contribution is -2.13. The minimum Gasteiger partial charge on any atom is -0.465 e. The summed E-state index contributed by atoms with van der Waals surface area (Å²) in [5.74, 6) is 1.09. The Hall–Kier alpha value is -1.32. The summed E-state index contributed by atoms with van der Waals surface area (Å²) in [5, 5.41) is 0.392. The summed E-state index contributed by atoms with van der Waals surface area (Å²) in [6.45, 7) is 1.84. The van der Waals surface area contributed by atoms with E-state index in [2.05, 4.69) is 0 Å². The van der Waals surface area contributed by atoms with E-state index in [9.17, 15) is 4.39 Å². The van der Waals surface area contributed by atoms with Gasteiger partial charge in [0.25, 0.3) is 0 Å². The number of furan rings is 1. The molecule has 4 heteroatoms. The van der Waals surface area contributed by atoms with Crippen LogP contribution in [0.3, 0.4) is 0 Å². The van der Waals surface area contributed by atoms with Gasteiger partial charge in [0.1, 0.15) is 17.3 Å². The number of hydrogen-bond acceptors (Lipinski definition) is 2. The third-order valence-corrected chi connectivity index (χ3v) is 2.97. The Morgan fingerprint density at radius 1 is 1.35 bits per heavy atom. The van der Waals surface area contributed by atoms with Crippen molar-refractivity contribution in [1.29, 1.82) is 0 Å². The molecular formula is C13H13ClFNO. The zero-order chi connectivity index (χ0) is 12.4. The van der Waals surface area contributed by atoms with Crippen LogP contribution in [0.2, 0.25) is 5.02 Å². The molecule has 2 aromatic rings. The van der Waals surface area contributed by atoms with Gasteiger partial charge in [-0.3, -0.25) is 0 Å². The first-order valence-corrected chi connectivity index (χ1v) is 5.70. The molecule has 2 rings (SSSR count). The number of aryl methyl sites for hydroxylation is 1. The molecule has 2 N–H and O–H groups in total. The molecule has 0 spiro atoms. The molecule has 0 fully saturated rings. The first-order valence-electron chi connectivity index (χ1n) is 5.32. The fourth-order valence-corrected chi connectivity index (χ4v) is 1.94. The molecule has 90 valence electrons. The van der Waals surface area contributed by atoms with Gasteiger partial charge in [0.2, 0.25) is 0 Å². The van der Waals surface area contributed by atoms with Gasteiger partial charge < -0.3 is 10.2 Å². The number of benzene rings is 1. The normalized spacial score (nSPS) is 12.7. The lowest BCUT2D eigenvalue weighted by molar-refractivity contribution is 0.442. The molecular weight excluding hydrogens is 241 g/mol. The Bertz CT molecular complexity index is 504. The van der Waals surface area contributed by atoms with Crippen LogP contribution >= 0.6 is 11.6 Å². The van der Waals surface area contributed by atoms with Crippen molar-refractivity contribution in [3.05, 3.63) is 58.3 Å². The van der Waals surface area contributed by atoms with Crippen LogP contribution in [0.5, 0.6) is 0 Å². The van der Waals surface area contributed by atoms with Crippen molar-refractivity contribution in [3.63, 3.8) is 0 Å². The van der Waals surface area contributed by atoms with Crippen LogP contribution in [-0.2, 0) is 6.42 Å². The summed E-state index contributed by atoms with van der Waals surface area (Å²) in [5.41, 5.74) is 6.39. The molecule has 0 aliphatic carbocycles. The molecule has 2 nitrogen and oxygen atoms in total. The van der Waals surface area contributed by atoms with Crippen molar-refractivity contribution in [2.45, 2.75) is 19.4 Å². The van der Waals surface area contributed by atoms with Crippen molar-refractivity contribution in [3.8, 4) is 0 Å². The predicted octanol–water partition coefficient (Wildman–Crippen LogP) is 3.62. The van der Waals surface area contributed by atoms with Crippen molar-refractivity contribution in [2.24, 2.45) is 5.73 Å². The van der Waals surface area contributed by atoms with Gasteiger partial charge in [-0.15, -0.1) is 0 Å². The summed E-state index contributed by atoms with van der Waals surface area (Å²) in [6, 6.07) is 7.84. The van der Waals surface area contributed by atoms with Crippen LogP contribution in [0.15, 0.2) is 34.7 Å². The van der Waals surface area contributed by atoms with Gasteiger partial charge in [-0.05, 0) is 37.6 Å². The van der Waals surface area contributed by atoms with Crippen LogP contribution in [0.25, 0.3) is 0 Å². The summed E-state index contributed by atoms with van der Waals surface area (Å²) in [6.07, 6.45) is 0.318. The first-order chi connectivity index (χ1) is 8.08. The van der Waals surface area contributed by atoms with Gasteiger partial charge >= 0.3 is 0 Å². The van der Waals surface area contributed by atoms with Gasteiger partial charge in [-0.25, -0.2) is 4.39 Å². The van der Waals surface area contributed by atoms with Crippen LogP contribution in [0.1, 0.15) is 23.1 Å². The lowest BCUT2D eigenvalue weighted by atomic mass is 10.0. The largest absolute Gasteiger partial charge is 0.465 e. The Kier molecular flexibility index (Phi) is 3.50. The standard InChI is InChI=1S/C13H13ClFNO/c1-8-5-6-13(17-8)12(16)7-9-10(14)3-2-4-11(9)15/h2-6,12H,7,16H2,1H3.